The fourth-order valence-electron chi connectivity index (χ4n) is 2.11. The second-order valence-corrected chi connectivity index (χ2v) is 5.25. The fourth-order valence-corrected chi connectivity index (χ4v) is 2.11. The van der Waals surface area contributed by atoms with Crippen LogP contribution in [0.2, 0.25) is 0 Å². The van der Waals surface area contributed by atoms with Crippen molar-refractivity contribution in [1.29, 1.82) is 0 Å². The average Bonchev–Trinajstić information content (AvgIpc) is 2.83. The number of H-pyrrole nitrogens is 1. The zero-order chi connectivity index (χ0) is 16.1. The molecule has 0 aliphatic rings. The van der Waals surface area contributed by atoms with E-state index < -0.39 is 0 Å². The first-order chi connectivity index (χ1) is 10.5. The number of pyridine rings is 1. The molecular formula is C15H21N5O2. The number of aromatic amines is 1. The molecule has 7 heteroatoms. The summed E-state index contributed by atoms with van der Waals surface area (Å²) in [6.07, 6.45) is 0.649. The third kappa shape index (κ3) is 4.21. The van der Waals surface area contributed by atoms with Crippen LogP contribution >= 0.6 is 0 Å². The fraction of sp³-hybridized carbons (Fsp3) is 0.400. The average molecular weight is 303 g/mol. The van der Waals surface area contributed by atoms with E-state index in [1.165, 1.54) is 7.11 Å². The summed E-state index contributed by atoms with van der Waals surface area (Å²) in [6.45, 7) is 5.71. The van der Waals surface area contributed by atoms with Gasteiger partial charge in [0.15, 0.2) is 11.6 Å². The number of aryl methyl sites for hydroxylation is 2. The van der Waals surface area contributed by atoms with Crippen LogP contribution in [-0.4, -0.2) is 34.4 Å². The molecule has 0 bridgehead atoms. The topological polar surface area (TPSA) is 91.9 Å². The van der Waals surface area contributed by atoms with E-state index in [9.17, 15) is 4.79 Å². The first-order valence-electron chi connectivity index (χ1n) is 7.08. The molecule has 0 aliphatic carbocycles. The second-order valence-electron chi connectivity index (χ2n) is 5.25. The predicted molar refractivity (Wildman–Crippen MR) is 84.2 cm³/mol. The van der Waals surface area contributed by atoms with Gasteiger partial charge in [0.1, 0.15) is 0 Å². The number of nitrogens with zero attached hydrogens (tertiary/aromatic N) is 2. The Morgan fingerprint density at radius 2 is 2.18 bits per heavy atom. The van der Waals surface area contributed by atoms with Gasteiger partial charge in [-0.2, -0.15) is 5.10 Å². The molecule has 2 aromatic rings. The number of ether oxygens (including phenoxy) is 1. The minimum absolute atomic E-state index is 0.0569. The van der Waals surface area contributed by atoms with Gasteiger partial charge in [-0.25, -0.2) is 9.78 Å². The van der Waals surface area contributed by atoms with E-state index in [1.54, 1.807) is 6.07 Å². The highest BCUT2D eigenvalue weighted by molar-refractivity contribution is 5.89. The minimum Gasteiger partial charge on any atom is -0.493 e. The van der Waals surface area contributed by atoms with Crippen LogP contribution in [0.15, 0.2) is 18.2 Å². The Kier molecular flexibility index (Phi) is 4.98. The van der Waals surface area contributed by atoms with Gasteiger partial charge in [-0.3, -0.25) is 10.4 Å². The molecule has 2 aromatic heterocycles. The minimum atomic E-state index is -0.323. The van der Waals surface area contributed by atoms with Crippen LogP contribution in [0.4, 0.5) is 10.6 Å². The normalized spacial score (nSPS) is 11.8. The highest BCUT2D eigenvalue weighted by atomic mass is 16.5. The van der Waals surface area contributed by atoms with E-state index in [1.807, 2.05) is 32.9 Å². The van der Waals surface area contributed by atoms with Crippen molar-refractivity contribution in [3.05, 3.63) is 35.3 Å². The Balaban J connectivity index is 1.93. The maximum absolute atomic E-state index is 12.1. The van der Waals surface area contributed by atoms with Gasteiger partial charge in [0.2, 0.25) is 0 Å². The van der Waals surface area contributed by atoms with E-state index in [4.69, 9.17) is 4.74 Å². The van der Waals surface area contributed by atoms with Crippen molar-refractivity contribution < 1.29 is 9.53 Å². The number of carbonyl (C=O) groups excluding carboxylic acids is 1. The molecule has 0 saturated heterocycles. The molecule has 0 saturated carbocycles. The molecule has 2 amide bonds. The maximum Gasteiger partial charge on any atom is 0.320 e. The van der Waals surface area contributed by atoms with Crippen LogP contribution in [0.5, 0.6) is 5.75 Å². The molecule has 0 fully saturated rings. The number of anilines is 1. The molecular weight excluding hydrogens is 282 g/mol. The quantitative estimate of drug-likeness (QED) is 0.789. The number of amides is 2. The third-order valence-corrected chi connectivity index (χ3v) is 3.10. The number of rotatable bonds is 5. The van der Waals surface area contributed by atoms with Gasteiger partial charge >= 0.3 is 6.03 Å². The number of hydrogen-bond donors (Lipinski definition) is 3. The van der Waals surface area contributed by atoms with Gasteiger partial charge in [-0.05, 0) is 39.0 Å². The maximum atomic E-state index is 12.1. The van der Waals surface area contributed by atoms with Crippen molar-refractivity contribution in [2.45, 2.75) is 33.2 Å². The molecule has 2 heterocycles. The van der Waals surface area contributed by atoms with Crippen molar-refractivity contribution in [1.82, 2.24) is 20.5 Å². The van der Waals surface area contributed by atoms with E-state index in [0.717, 1.165) is 17.1 Å². The molecule has 118 valence electrons. The summed E-state index contributed by atoms with van der Waals surface area (Å²) in [6, 6.07) is 5.18. The summed E-state index contributed by atoms with van der Waals surface area (Å²) in [4.78, 5) is 16.3. The second kappa shape index (κ2) is 6.93. The Morgan fingerprint density at radius 1 is 1.41 bits per heavy atom. The summed E-state index contributed by atoms with van der Waals surface area (Å²) in [5, 5.41) is 12.6. The van der Waals surface area contributed by atoms with E-state index >= 15 is 0 Å². The molecule has 0 aromatic carbocycles. The summed E-state index contributed by atoms with van der Waals surface area (Å²) < 4.78 is 5.19. The van der Waals surface area contributed by atoms with Crippen LogP contribution < -0.4 is 15.4 Å². The number of nitrogens with one attached hydrogen (secondary N) is 3. The first kappa shape index (κ1) is 15.8. The first-order valence-corrected chi connectivity index (χ1v) is 7.08. The van der Waals surface area contributed by atoms with Crippen LogP contribution in [0.1, 0.15) is 24.0 Å². The summed E-state index contributed by atoms with van der Waals surface area (Å²) >= 11 is 0. The summed E-state index contributed by atoms with van der Waals surface area (Å²) in [5.74, 6) is 0.930. The van der Waals surface area contributed by atoms with Gasteiger partial charge in [-0.1, -0.05) is 0 Å². The highest BCUT2D eigenvalue weighted by Gasteiger charge is 2.13. The van der Waals surface area contributed by atoms with Crippen molar-refractivity contribution >= 4 is 11.8 Å². The van der Waals surface area contributed by atoms with Gasteiger partial charge in [0.05, 0.1) is 12.8 Å². The summed E-state index contributed by atoms with van der Waals surface area (Å²) in [7, 11) is 1.54. The third-order valence-electron chi connectivity index (χ3n) is 3.10. The number of aromatic nitrogens is 3. The monoisotopic (exact) mass is 303 g/mol. The van der Waals surface area contributed by atoms with Crippen LogP contribution in [0, 0.1) is 13.8 Å². The molecule has 1 atom stereocenters. The van der Waals surface area contributed by atoms with Crippen LogP contribution in [0.3, 0.4) is 0 Å². The highest BCUT2D eigenvalue weighted by Crippen LogP contribution is 2.21. The summed E-state index contributed by atoms with van der Waals surface area (Å²) in [5.41, 5.74) is 2.72. The molecule has 2 rings (SSSR count). The smallest absolute Gasteiger partial charge is 0.320 e. The number of methoxy groups -OCH3 is 1. The lowest BCUT2D eigenvalue weighted by Gasteiger charge is -2.14. The zero-order valence-electron chi connectivity index (χ0n) is 13.2. The molecule has 3 N–H and O–H groups in total. The van der Waals surface area contributed by atoms with Gasteiger partial charge in [0, 0.05) is 23.9 Å². The molecule has 0 spiro atoms. The zero-order valence-corrected chi connectivity index (χ0v) is 13.2. The molecule has 22 heavy (non-hydrogen) atoms. The van der Waals surface area contributed by atoms with Crippen molar-refractivity contribution in [3.63, 3.8) is 0 Å². The van der Waals surface area contributed by atoms with Gasteiger partial charge in [0.25, 0.3) is 0 Å². The molecule has 1 unspecified atom stereocenters. The van der Waals surface area contributed by atoms with Crippen molar-refractivity contribution in [2.75, 3.05) is 12.4 Å². The lowest BCUT2D eigenvalue weighted by Crippen LogP contribution is -2.37. The van der Waals surface area contributed by atoms with E-state index in [-0.39, 0.29) is 12.1 Å². The molecule has 0 radical (unpaired) electrons. The molecule has 0 aliphatic heterocycles. The van der Waals surface area contributed by atoms with E-state index in [0.29, 0.717) is 18.0 Å². The SMILES string of the molecule is COc1ccc(C)nc1NC(=O)NC(C)Cc1cc(C)[nH]n1. The Labute approximate surface area is 129 Å². The lowest BCUT2D eigenvalue weighted by atomic mass is 10.2. The lowest BCUT2D eigenvalue weighted by molar-refractivity contribution is 0.249. The number of hydrogen-bond acceptors (Lipinski definition) is 4. The molecule has 7 nitrogen and oxygen atoms in total. The Bertz CT molecular complexity index is 653. The largest absolute Gasteiger partial charge is 0.493 e. The van der Waals surface area contributed by atoms with Gasteiger partial charge < -0.3 is 10.1 Å². The van der Waals surface area contributed by atoms with Crippen molar-refractivity contribution in [2.24, 2.45) is 0 Å². The van der Waals surface area contributed by atoms with E-state index in [2.05, 4.69) is 25.8 Å². The van der Waals surface area contributed by atoms with Crippen LogP contribution in [-0.2, 0) is 6.42 Å². The number of carbonyl (C=O) groups is 1. The standard InChI is InChI=1S/C15H21N5O2/c1-9-5-6-13(22-4)14(16-9)18-15(21)17-10(2)7-12-8-11(3)19-20-12/h5-6,8,10H,7H2,1-4H3,(H,19,20)(H2,16,17,18,21). The van der Waals surface area contributed by atoms with Crippen molar-refractivity contribution in [3.8, 4) is 5.75 Å². The Morgan fingerprint density at radius 3 is 2.82 bits per heavy atom. The van der Waals surface area contributed by atoms with Crippen LogP contribution in [0.25, 0.3) is 0 Å². The Hall–Kier alpha value is -2.57. The predicted octanol–water partition coefficient (Wildman–Crippen LogP) is 2.18. The van der Waals surface area contributed by atoms with Gasteiger partial charge in [-0.15, -0.1) is 0 Å². The number of urea groups is 1.